The molecule has 8 nitrogen and oxygen atoms in total. The number of nitrogens with zero attached hydrogens (tertiary/aromatic N) is 1. The highest BCUT2D eigenvalue weighted by Gasteiger charge is 2.25. The SMILES string of the molecule is CNC(=O)[C@H](CC(N)=O)NC(=O)c1ncoc1-c1ccccc1. The highest BCUT2D eigenvalue weighted by Crippen LogP contribution is 2.22. The van der Waals surface area contributed by atoms with Crippen molar-refractivity contribution in [1.82, 2.24) is 15.6 Å². The van der Waals surface area contributed by atoms with Gasteiger partial charge in [0.05, 0.1) is 6.42 Å². The summed E-state index contributed by atoms with van der Waals surface area (Å²) in [7, 11) is 1.40. The molecule has 2 aromatic rings. The van der Waals surface area contributed by atoms with Crippen LogP contribution in [0.2, 0.25) is 0 Å². The Hall–Kier alpha value is -3.16. The van der Waals surface area contributed by atoms with Crippen molar-refractivity contribution in [2.45, 2.75) is 12.5 Å². The summed E-state index contributed by atoms with van der Waals surface area (Å²) in [6.07, 6.45) is 0.824. The van der Waals surface area contributed by atoms with E-state index in [1.165, 1.54) is 7.05 Å². The lowest BCUT2D eigenvalue weighted by Gasteiger charge is -2.15. The van der Waals surface area contributed by atoms with E-state index in [2.05, 4.69) is 15.6 Å². The number of primary amides is 1. The Labute approximate surface area is 132 Å². The monoisotopic (exact) mass is 316 g/mol. The first-order valence-electron chi connectivity index (χ1n) is 6.82. The normalized spacial score (nSPS) is 11.5. The van der Waals surface area contributed by atoms with E-state index in [4.69, 9.17) is 10.2 Å². The summed E-state index contributed by atoms with van der Waals surface area (Å²) in [6, 6.07) is 7.85. The molecule has 3 amide bonds. The van der Waals surface area contributed by atoms with Crippen molar-refractivity contribution in [3.05, 3.63) is 42.4 Å². The standard InChI is InChI=1S/C15H16N4O4/c1-17-14(21)10(7-11(16)20)19-15(22)12-13(23-8-18-12)9-5-3-2-4-6-9/h2-6,8,10H,7H2,1H3,(H2,16,20)(H,17,21)(H,19,22)/t10-/m0/s1. The van der Waals surface area contributed by atoms with E-state index in [-0.39, 0.29) is 17.9 Å². The van der Waals surface area contributed by atoms with Gasteiger partial charge in [-0.2, -0.15) is 0 Å². The highest BCUT2D eigenvalue weighted by molar-refractivity contribution is 6.00. The maximum atomic E-state index is 12.3. The molecule has 2 rings (SSSR count). The minimum Gasteiger partial charge on any atom is -0.443 e. The van der Waals surface area contributed by atoms with E-state index >= 15 is 0 Å². The van der Waals surface area contributed by atoms with Crippen LogP contribution in [0, 0.1) is 0 Å². The van der Waals surface area contributed by atoms with Crippen LogP contribution in [0.4, 0.5) is 0 Å². The molecular weight excluding hydrogens is 300 g/mol. The second-order valence-corrected chi connectivity index (χ2v) is 4.71. The Bertz CT molecular complexity index is 711. The van der Waals surface area contributed by atoms with Gasteiger partial charge in [0.2, 0.25) is 11.8 Å². The molecule has 23 heavy (non-hydrogen) atoms. The zero-order valence-electron chi connectivity index (χ0n) is 12.4. The number of carbonyl (C=O) groups is 3. The van der Waals surface area contributed by atoms with E-state index in [9.17, 15) is 14.4 Å². The molecule has 0 aliphatic carbocycles. The molecule has 8 heteroatoms. The molecule has 0 saturated carbocycles. The van der Waals surface area contributed by atoms with Crippen LogP contribution in [0.25, 0.3) is 11.3 Å². The molecule has 1 aromatic carbocycles. The van der Waals surface area contributed by atoms with Crippen LogP contribution in [0.5, 0.6) is 0 Å². The molecule has 0 aliphatic rings. The average Bonchev–Trinajstić information content (AvgIpc) is 3.03. The van der Waals surface area contributed by atoms with E-state index in [0.29, 0.717) is 5.56 Å². The van der Waals surface area contributed by atoms with Gasteiger partial charge in [0.1, 0.15) is 6.04 Å². The number of nitrogens with two attached hydrogens (primary N) is 1. The summed E-state index contributed by atoms with van der Waals surface area (Å²) in [5.74, 6) is -1.59. The second kappa shape index (κ2) is 7.21. The third-order valence-corrected chi connectivity index (χ3v) is 3.09. The Kier molecular flexibility index (Phi) is 5.08. The van der Waals surface area contributed by atoms with Gasteiger partial charge in [-0.05, 0) is 0 Å². The molecule has 0 unspecified atom stereocenters. The quantitative estimate of drug-likeness (QED) is 0.694. The minimum atomic E-state index is -1.08. The summed E-state index contributed by atoms with van der Waals surface area (Å²) in [5, 5.41) is 4.80. The highest BCUT2D eigenvalue weighted by atomic mass is 16.3. The number of likely N-dealkylation sites (N-methyl/N-ethyl adjacent to an activating group) is 1. The fourth-order valence-electron chi connectivity index (χ4n) is 2.01. The van der Waals surface area contributed by atoms with Gasteiger partial charge in [0.25, 0.3) is 5.91 Å². The van der Waals surface area contributed by atoms with E-state index in [1.807, 2.05) is 6.07 Å². The summed E-state index contributed by atoms with van der Waals surface area (Å²) < 4.78 is 5.26. The summed E-state index contributed by atoms with van der Waals surface area (Å²) in [4.78, 5) is 39.0. The predicted octanol–water partition coefficient (Wildman–Crippen LogP) is 0.0614. The van der Waals surface area contributed by atoms with Crippen molar-refractivity contribution in [2.75, 3.05) is 7.05 Å². The molecule has 1 atom stereocenters. The first-order chi connectivity index (χ1) is 11.0. The van der Waals surface area contributed by atoms with Gasteiger partial charge < -0.3 is 20.8 Å². The van der Waals surface area contributed by atoms with Gasteiger partial charge in [-0.3, -0.25) is 14.4 Å². The van der Waals surface area contributed by atoms with Crippen molar-refractivity contribution in [1.29, 1.82) is 0 Å². The molecule has 1 heterocycles. The molecule has 0 radical (unpaired) electrons. The molecule has 0 aliphatic heterocycles. The van der Waals surface area contributed by atoms with E-state index in [0.717, 1.165) is 6.39 Å². The first kappa shape index (κ1) is 16.2. The zero-order chi connectivity index (χ0) is 16.8. The predicted molar refractivity (Wildman–Crippen MR) is 81.1 cm³/mol. The third-order valence-electron chi connectivity index (χ3n) is 3.09. The number of benzene rings is 1. The van der Waals surface area contributed by atoms with Gasteiger partial charge >= 0.3 is 0 Å². The first-order valence-corrected chi connectivity index (χ1v) is 6.82. The second-order valence-electron chi connectivity index (χ2n) is 4.71. The van der Waals surface area contributed by atoms with Crippen LogP contribution < -0.4 is 16.4 Å². The van der Waals surface area contributed by atoms with E-state index in [1.54, 1.807) is 24.3 Å². The summed E-state index contributed by atoms with van der Waals surface area (Å²) >= 11 is 0. The van der Waals surface area contributed by atoms with Crippen LogP contribution in [0.1, 0.15) is 16.9 Å². The van der Waals surface area contributed by atoms with Crippen molar-refractivity contribution in [2.24, 2.45) is 5.73 Å². The Morgan fingerprint density at radius 2 is 1.96 bits per heavy atom. The van der Waals surface area contributed by atoms with Gasteiger partial charge in [-0.15, -0.1) is 0 Å². The molecular formula is C15H16N4O4. The zero-order valence-corrected chi connectivity index (χ0v) is 12.4. The number of hydrogen-bond acceptors (Lipinski definition) is 5. The van der Waals surface area contributed by atoms with Crippen LogP contribution in [0.15, 0.2) is 41.1 Å². The van der Waals surface area contributed by atoms with Crippen LogP contribution >= 0.6 is 0 Å². The number of amides is 3. The van der Waals surface area contributed by atoms with Gasteiger partial charge in [0.15, 0.2) is 17.8 Å². The lowest BCUT2D eigenvalue weighted by atomic mass is 10.1. The molecule has 0 spiro atoms. The molecule has 0 fully saturated rings. The third kappa shape index (κ3) is 3.94. The van der Waals surface area contributed by atoms with Crippen LogP contribution in [-0.2, 0) is 9.59 Å². The number of rotatable bonds is 6. The van der Waals surface area contributed by atoms with Crippen molar-refractivity contribution in [3.63, 3.8) is 0 Å². The van der Waals surface area contributed by atoms with Crippen molar-refractivity contribution in [3.8, 4) is 11.3 Å². The van der Waals surface area contributed by atoms with Gasteiger partial charge in [-0.1, -0.05) is 30.3 Å². The molecule has 1 aromatic heterocycles. The number of aromatic nitrogens is 1. The molecule has 0 saturated heterocycles. The molecule has 4 N–H and O–H groups in total. The topological polar surface area (TPSA) is 127 Å². The van der Waals surface area contributed by atoms with Crippen LogP contribution in [0.3, 0.4) is 0 Å². The smallest absolute Gasteiger partial charge is 0.274 e. The van der Waals surface area contributed by atoms with Gasteiger partial charge in [0, 0.05) is 12.6 Å². The number of nitrogens with one attached hydrogen (secondary N) is 2. The van der Waals surface area contributed by atoms with Crippen molar-refractivity contribution < 1.29 is 18.8 Å². The molecule has 120 valence electrons. The number of hydrogen-bond donors (Lipinski definition) is 3. The lowest BCUT2D eigenvalue weighted by Crippen LogP contribution is -2.47. The summed E-state index contributed by atoms with van der Waals surface area (Å²) in [6.45, 7) is 0. The Morgan fingerprint density at radius 1 is 1.26 bits per heavy atom. The van der Waals surface area contributed by atoms with Gasteiger partial charge in [-0.25, -0.2) is 4.98 Å². The van der Waals surface area contributed by atoms with Crippen molar-refractivity contribution >= 4 is 17.7 Å². The largest absolute Gasteiger partial charge is 0.443 e. The fraction of sp³-hybridized carbons (Fsp3) is 0.200. The lowest BCUT2D eigenvalue weighted by molar-refractivity contribution is -0.126. The average molecular weight is 316 g/mol. The minimum absolute atomic E-state index is 0.0228. The Balaban J connectivity index is 2.22. The van der Waals surface area contributed by atoms with Crippen LogP contribution in [-0.4, -0.2) is 35.8 Å². The number of oxazole rings is 1. The fourth-order valence-corrected chi connectivity index (χ4v) is 2.01. The van der Waals surface area contributed by atoms with E-state index < -0.39 is 23.8 Å². The number of carbonyl (C=O) groups excluding carboxylic acids is 3. The summed E-state index contributed by atoms with van der Waals surface area (Å²) in [5.41, 5.74) is 5.79. The Morgan fingerprint density at radius 3 is 2.57 bits per heavy atom. The maximum Gasteiger partial charge on any atom is 0.274 e. The molecule has 0 bridgehead atoms. The maximum absolute atomic E-state index is 12.3.